The Kier molecular flexibility index (Phi) is 7.97. The van der Waals surface area contributed by atoms with Crippen LogP contribution in [0.1, 0.15) is 119 Å². The van der Waals surface area contributed by atoms with Gasteiger partial charge in [-0.1, -0.05) is 57.4 Å². The zero-order chi connectivity index (χ0) is 21.9. The van der Waals surface area contributed by atoms with Crippen molar-refractivity contribution < 1.29 is 5.11 Å². The quantitative estimate of drug-likeness (QED) is 0.353. The molecular formula is C29H50O. The van der Waals surface area contributed by atoms with Gasteiger partial charge in [0, 0.05) is 0 Å². The Hall–Kier alpha value is -0.560. The van der Waals surface area contributed by atoms with Crippen LogP contribution in [0.25, 0.3) is 0 Å². The fraction of sp³-hybridized carbons (Fsp3) is 0.862. The van der Waals surface area contributed by atoms with Crippen molar-refractivity contribution in [1.82, 2.24) is 0 Å². The fourth-order valence-corrected chi connectivity index (χ4v) is 8.16. The maximum absolute atomic E-state index is 10.2. The topological polar surface area (TPSA) is 20.2 Å². The van der Waals surface area contributed by atoms with Crippen molar-refractivity contribution in [3.63, 3.8) is 0 Å². The second-order valence-electron chi connectivity index (χ2n) is 11.4. The molecule has 172 valence electrons. The van der Waals surface area contributed by atoms with Crippen LogP contribution in [-0.2, 0) is 0 Å². The van der Waals surface area contributed by atoms with Crippen molar-refractivity contribution in [2.24, 2.45) is 34.5 Å². The highest BCUT2D eigenvalue weighted by Crippen LogP contribution is 2.66. The van der Waals surface area contributed by atoms with Gasteiger partial charge in [-0.15, -0.1) is 0 Å². The van der Waals surface area contributed by atoms with Gasteiger partial charge >= 0.3 is 0 Å². The first kappa shape index (κ1) is 24.1. The van der Waals surface area contributed by atoms with Crippen molar-refractivity contribution >= 4 is 0 Å². The number of unbranched alkanes of at least 4 members (excludes halogenated alkanes) is 1. The van der Waals surface area contributed by atoms with Gasteiger partial charge < -0.3 is 5.11 Å². The number of hydrogen-bond acceptors (Lipinski definition) is 1. The molecule has 30 heavy (non-hydrogen) atoms. The average Bonchev–Trinajstić information content (AvgIpc) is 3.09. The number of aliphatic hydroxyl groups excluding tert-OH is 1. The lowest BCUT2D eigenvalue weighted by molar-refractivity contribution is -0.0508. The third-order valence-electron chi connectivity index (χ3n) is 10.1. The molecule has 0 aromatic rings. The second kappa shape index (κ2) is 9.93. The standard InChI is InChI=1S/C27H44O.C2H6/c1-5-19(2)8-6-7-9-20-11-13-24-23-12-10-21-18-22(28)14-16-27(21,4)25(23)15-17-26(20,24)3;1-2/h5,10,20,22-25,28H,6-9,11-18H2,1-4H3;1-2H3/b19-5-;. The number of fused-ring (bicyclic) bond motifs is 5. The predicted octanol–water partition coefficient (Wildman–Crippen LogP) is 8.48. The Morgan fingerprint density at radius 3 is 2.57 bits per heavy atom. The van der Waals surface area contributed by atoms with E-state index in [-0.39, 0.29) is 6.10 Å². The van der Waals surface area contributed by atoms with Gasteiger partial charge in [0.25, 0.3) is 0 Å². The molecule has 0 radical (unpaired) electrons. The summed E-state index contributed by atoms with van der Waals surface area (Å²) in [5.74, 6) is 3.72. The molecule has 7 unspecified atom stereocenters. The summed E-state index contributed by atoms with van der Waals surface area (Å²) in [6, 6.07) is 0. The van der Waals surface area contributed by atoms with Crippen LogP contribution in [0, 0.1) is 34.5 Å². The van der Waals surface area contributed by atoms with Gasteiger partial charge in [-0.2, -0.15) is 0 Å². The molecule has 1 nitrogen and oxygen atoms in total. The average molecular weight is 415 g/mol. The lowest BCUT2D eigenvalue weighted by atomic mass is 9.47. The molecule has 3 saturated carbocycles. The normalized spacial score (nSPS) is 43.0. The van der Waals surface area contributed by atoms with Crippen molar-refractivity contribution in [3.8, 4) is 0 Å². The van der Waals surface area contributed by atoms with Crippen LogP contribution in [-0.4, -0.2) is 11.2 Å². The minimum Gasteiger partial charge on any atom is -0.393 e. The molecule has 0 saturated heterocycles. The summed E-state index contributed by atoms with van der Waals surface area (Å²) < 4.78 is 0. The van der Waals surface area contributed by atoms with Crippen LogP contribution >= 0.6 is 0 Å². The van der Waals surface area contributed by atoms with Gasteiger partial charge in [0.05, 0.1) is 6.10 Å². The summed E-state index contributed by atoms with van der Waals surface area (Å²) in [7, 11) is 0. The number of allylic oxidation sites excluding steroid dienone is 3. The minimum absolute atomic E-state index is 0.0771. The van der Waals surface area contributed by atoms with Gasteiger partial charge in [0.15, 0.2) is 0 Å². The Morgan fingerprint density at radius 1 is 1.07 bits per heavy atom. The van der Waals surface area contributed by atoms with Crippen molar-refractivity contribution in [2.75, 3.05) is 0 Å². The van der Waals surface area contributed by atoms with E-state index in [2.05, 4.69) is 39.8 Å². The zero-order valence-corrected chi connectivity index (χ0v) is 21.0. The maximum Gasteiger partial charge on any atom is 0.0577 e. The Morgan fingerprint density at radius 2 is 1.83 bits per heavy atom. The summed E-state index contributed by atoms with van der Waals surface area (Å²) >= 11 is 0. The fourth-order valence-electron chi connectivity index (χ4n) is 8.16. The summed E-state index contributed by atoms with van der Waals surface area (Å²) in [6.45, 7) is 13.7. The van der Waals surface area contributed by atoms with Gasteiger partial charge in [-0.05, 0) is 119 Å². The van der Waals surface area contributed by atoms with E-state index < -0.39 is 0 Å². The van der Waals surface area contributed by atoms with E-state index in [9.17, 15) is 5.11 Å². The summed E-state index contributed by atoms with van der Waals surface area (Å²) in [4.78, 5) is 0. The Labute approximate surface area is 187 Å². The van der Waals surface area contributed by atoms with Gasteiger partial charge in [-0.25, -0.2) is 0 Å². The maximum atomic E-state index is 10.2. The van der Waals surface area contributed by atoms with E-state index in [4.69, 9.17) is 0 Å². The first-order chi connectivity index (χ1) is 14.4. The second-order valence-corrected chi connectivity index (χ2v) is 11.4. The minimum atomic E-state index is -0.0771. The molecule has 0 amide bonds. The summed E-state index contributed by atoms with van der Waals surface area (Å²) in [5.41, 5.74) is 4.18. The summed E-state index contributed by atoms with van der Waals surface area (Å²) in [5, 5.41) is 10.2. The molecule has 3 fully saturated rings. The van der Waals surface area contributed by atoms with E-state index in [0.717, 1.165) is 36.5 Å². The highest BCUT2D eigenvalue weighted by Gasteiger charge is 2.58. The van der Waals surface area contributed by atoms with E-state index in [1.807, 2.05) is 13.8 Å². The number of hydrogen-bond donors (Lipinski definition) is 1. The van der Waals surface area contributed by atoms with E-state index in [0.29, 0.717) is 10.8 Å². The van der Waals surface area contributed by atoms with E-state index in [1.165, 1.54) is 64.2 Å². The van der Waals surface area contributed by atoms with E-state index in [1.54, 1.807) is 11.1 Å². The van der Waals surface area contributed by atoms with Crippen molar-refractivity contribution in [3.05, 3.63) is 23.3 Å². The van der Waals surface area contributed by atoms with Gasteiger partial charge in [0.2, 0.25) is 0 Å². The van der Waals surface area contributed by atoms with E-state index >= 15 is 0 Å². The lowest BCUT2D eigenvalue weighted by Gasteiger charge is -2.58. The van der Waals surface area contributed by atoms with Crippen LogP contribution in [0.4, 0.5) is 0 Å². The molecule has 0 aliphatic heterocycles. The smallest absolute Gasteiger partial charge is 0.0577 e. The molecular weight excluding hydrogens is 364 g/mol. The molecule has 7 atom stereocenters. The molecule has 4 aliphatic carbocycles. The third-order valence-corrected chi connectivity index (χ3v) is 10.1. The monoisotopic (exact) mass is 414 g/mol. The first-order valence-electron chi connectivity index (χ1n) is 13.4. The first-order valence-corrected chi connectivity index (χ1v) is 13.4. The largest absolute Gasteiger partial charge is 0.393 e. The van der Waals surface area contributed by atoms with Crippen LogP contribution in [0.2, 0.25) is 0 Å². The van der Waals surface area contributed by atoms with Gasteiger partial charge in [0.1, 0.15) is 0 Å². The molecule has 0 aromatic heterocycles. The zero-order valence-electron chi connectivity index (χ0n) is 21.0. The molecule has 4 aliphatic rings. The lowest BCUT2D eigenvalue weighted by Crippen LogP contribution is -2.50. The molecule has 4 rings (SSSR count). The van der Waals surface area contributed by atoms with Crippen LogP contribution in [0.3, 0.4) is 0 Å². The van der Waals surface area contributed by atoms with Crippen LogP contribution < -0.4 is 0 Å². The highest BCUT2D eigenvalue weighted by atomic mass is 16.3. The Bertz CT molecular complexity index is 630. The van der Waals surface area contributed by atoms with Crippen LogP contribution in [0.15, 0.2) is 23.3 Å². The molecule has 0 bridgehead atoms. The third kappa shape index (κ3) is 4.35. The highest BCUT2D eigenvalue weighted by molar-refractivity contribution is 5.25. The van der Waals surface area contributed by atoms with Crippen molar-refractivity contribution in [2.45, 2.75) is 125 Å². The molecule has 1 heteroatoms. The SMILES string of the molecule is C/C=C(/C)CCCCC1CCC2C3CC=C4CC(O)CCC4(C)C3CCC12C.CC. The number of aliphatic hydroxyl groups is 1. The van der Waals surface area contributed by atoms with Crippen LogP contribution in [0.5, 0.6) is 0 Å². The molecule has 0 heterocycles. The number of rotatable bonds is 5. The Balaban J connectivity index is 0.00000124. The molecule has 0 spiro atoms. The van der Waals surface area contributed by atoms with Crippen molar-refractivity contribution in [1.29, 1.82) is 0 Å². The molecule has 1 N–H and O–H groups in total. The predicted molar refractivity (Wildman–Crippen MR) is 130 cm³/mol. The van der Waals surface area contributed by atoms with Gasteiger partial charge in [-0.3, -0.25) is 0 Å². The molecule has 0 aromatic carbocycles. The summed E-state index contributed by atoms with van der Waals surface area (Å²) in [6.07, 6.45) is 20.7.